The molecule has 16 heavy (non-hydrogen) atoms. The molecule has 0 spiro atoms. The fourth-order valence-corrected chi connectivity index (χ4v) is 1.35. The first kappa shape index (κ1) is 12.5. The van der Waals surface area contributed by atoms with Crippen molar-refractivity contribution in [1.82, 2.24) is 10.2 Å². The van der Waals surface area contributed by atoms with Crippen LogP contribution >= 0.6 is 0 Å². The van der Waals surface area contributed by atoms with E-state index in [0.717, 1.165) is 13.1 Å². The summed E-state index contributed by atoms with van der Waals surface area (Å²) in [6, 6.07) is 0. The average Bonchev–Trinajstić information content (AvgIpc) is 2.27. The van der Waals surface area contributed by atoms with Crippen molar-refractivity contribution < 1.29 is 14.3 Å². The van der Waals surface area contributed by atoms with Gasteiger partial charge in [0.15, 0.2) is 0 Å². The van der Waals surface area contributed by atoms with Crippen molar-refractivity contribution >= 4 is 12.0 Å². The Labute approximate surface area is 94.4 Å². The lowest BCUT2D eigenvalue weighted by Crippen LogP contribution is -2.47. The molecule has 0 aromatic rings. The predicted molar refractivity (Wildman–Crippen MR) is 58.7 cm³/mol. The number of ether oxygens (including phenoxy) is 1. The van der Waals surface area contributed by atoms with E-state index in [2.05, 4.69) is 5.32 Å². The lowest BCUT2D eigenvalue weighted by molar-refractivity contribution is -0.113. The van der Waals surface area contributed by atoms with Crippen LogP contribution in [0.3, 0.4) is 0 Å². The van der Waals surface area contributed by atoms with Crippen LogP contribution in [0, 0.1) is 0 Å². The van der Waals surface area contributed by atoms with Gasteiger partial charge in [0, 0.05) is 32.3 Å². The van der Waals surface area contributed by atoms with Crippen LogP contribution < -0.4 is 11.1 Å². The van der Waals surface area contributed by atoms with Gasteiger partial charge in [-0.3, -0.25) is 4.79 Å². The molecule has 1 fully saturated rings. The van der Waals surface area contributed by atoms with Gasteiger partial charge in [0.25, 0.3) is 0 Å². The van der Waals surface area contributed by atoms with E-state index in [-0.39, 0.29) is 6.09 Å². The van der Waals surface area contributed by atoms with E-state index in [1.54, 1.807) is 11.8 Å². The second kappa shape index (κ2) is 6.12. The number of nitrogens with zero attached hydrogens (tertiary/aromatic N) is 1. The van der Waals surface area contributed by atoms with Crippen LogP contribution in [0.15, 0.2) is 12.2 Å². The molecule has 1 aliphatic rings. The first-order valence-electron chi connectivity index (χ1n) is 5.23. The van der Waals surface area contributed by atoms with Crippen molar-refractivity contribution in [2.45, 2.75) is 13.0 Å². The molecule has 0 bridgehead atoms. The second-order valence-corrected chi connectivity index (χ2v) is 3.59. The van der Waals surface area contributed by atoms with Crippen LogP contribution in [0.5, 0.6) is 0 Å². The number of nitrogens with one attached hydrogen (secondary N) is 1. The van der Waals surface area contributed by atoms with Crippen LogP contribution in [0.2, 0.25) is 0 Å². The van der Waals surface area contributed by atoms with Gasteiger partial charge in [-0.05, 0) is 13.0 Å². The Morgan fingerprint density at radius 1 is 1.44 bits per heavy atom. The molecule has 1 rings (SSSR count). The lowest BCUT2D eigenvalue weighted by atomic mass is 10.3. The summed E-state index contributed by atoms with van der Waals surface area (Å²) in [6.45, 7) is 4.52. The minimum Gasteiger partial charge on any atom is -0.442 e. The van der Waals surface area contributed by atoms with E-state index in [1.807, 2.05) is 0 Å². The summed E-state index contributed by atoms with van der Waals surface area (Å²) in [6.07, 6.45) is 1.84. The highest BCUT2D eigenvalue weighted by Crippen LogP contribution is 2.01. The molecular formula is C10H17N3O3. The number of amides is 2. The summed E-state index contributed by atoms with van der Waals surface area (Å²) in [4.78, 5) is 23.7. The second-order valence-electron chi connectivity index (χ2n) is 3.59. The standard InChI is InChI=1S/C10H17N3O3/c1-8(2-3-9(11)14)16-10(15)13-6-4-12-5-7-13/h2-3,8,12H,4-7H2,1H3,(H2,11,14)/b3-2-/t8-/m0/s1. The summed E-state index contributed by atoms with van der Waals surface area (Å²) in [5.74, 6) is -0.551. The van der Waals surface area contributed by atoms with E-state index >= 15 is 0 Å². The first-order valence-corrected chi connectivity index (χ1v) is 5.23. The third-order valence-electron chi connectivity index (χ3n) is 2.19. The summed E-state index contributed by atoms with van der Waals surface area (Å²) < 4.78 is 5.10. The number of hydrogen-bond donors (Lipinski definition) is 2. The number of piperazine rings is 1. The third kappa shape index (κ3) is 4.31. The average molecular weight is 227 g/mol. The van der Waals surface area contributed by atoms with Gasteiger partial charge >= 0.3 is 6.09 Å². The maximum Gasteiger partial charge on any atom is 0.410 e. The molecule has 0 unspecified atom stereocenters. The highest BCUT2D eigenvalue weighted by Gasteiger charge is 2.18. The fraction of sp³-hybridized carbons (Fsp3) is 0.600. The van der Waals surface area contributed by atoms with Crippen LogP contribution in [0.25, 0.3) is 0 Å². The highest BCUT2D eigenvalue weighted by molar-refractivity contribution is 5.85. The lowest BCUT2D eigenvalue weighted by Gasteiger charge is -2.27. The Kier molecular flexibility index (Phi) is 4.78. The Hall–Kier alpha value is -1.56. The van der Waals surface area contributed by atoms with Crippen LogP contribution in [-0.4, -0.2) is 49.2 Å². The van der Waals surface area contributed by atoms with Gasteiger partial charge in [0.2, 0.25) is 5.91 Å². The molecule has 6 heteroatoms. The predicted octanol–water partition coefficient (Wildman–Crippen LogP) is -0.542. The van der Waals surface area contributed by atoms with Crippen molar-refractivity contribution in [3.63, 3.8) is 0 Å². The SMILES string of the molecule is C[C@@H](/C=C\C(N)=O)OC(=O)N1CCNCC1. The van der Waals surface area contributed by atoms with E-state index < -0.39 is 12.0 Å². The van der Waals surface area contributed by atoms with Crippen molar-refractivity contribution in [2.75, 3.05) is 26.2 Å². The van der Waals surface area contributed by atoms with Gasteiger partial charge in [-0.25, -0.2) is 4.79 Å². The van der Waals surface area contributed by atoms with Crippen molar-refractivity contribution in [3.8, 4) is 0 Å². The zero-order valence-corrected chi connectivity index (χ0v) is 9.31. The monoisotopic (exact) mass is 227 g/mol. The van der Waals surface area contributed by atoms with E-state index in [9.17, 15) is 9.59 Å². The number of primary amides is 1. The minimum atomic E-state index is -0.551. The number of carbonyl (C=O) groups excluding carboxylic acids is 2. The molecule has 90 valence electrons. The van der Waals surface area contributed by atoms with Gasteiger partial charge in [-0.1, -0.05) is 0 Å². The van der Waals surface area contributed by atoms with Crippen molar-refractivity contribution in [2.24, 2.45) is 5.73 Å². The van der Waals surface area contributed by atoms with Gasteiger partial charge in [-0.15, -0.1) is 0 Å². The number of rotatable bonds is 3. The number of hydrogen-bond acceptors (Lipinski definition) is 4. The third-order valence-corrected chi connectivity index (χ3v) is 2.19. The summed E-state index contributed by atoms with van der Waals surface area (Å²) in [5, 5.41) is 3.14. The zero-order chi connectivity index (χ0) is 12.0. The largest absolute Gasteiger partial charge is 0.442 e. The molecule has 0 saturated carbocycles. The van der Waals surface area contributed by atoms with E-state index in [4.69, 9.17) is 10.5 Å². The molecule has 0 aliphatic carbocycles. The molecule has 6 nitrogen and oxygen atoms in total. The minimum absolute atomic E-state index is 0.358. The summed E-state index contributed by atoms with van der Waals surface area (Å²) >= 11 is 0. The zero-order valence-electron chi connectivity index (χ0n) is 9.31. The molecular weight excluding hydrogens is 210 g/mol. The Morgan fingerprint density at radius 3 is 2.62 bits per heavy atom. The van der Waals surface area contributed by atoms with Crippen LogP contribution in [0.1, 0.15) is 6.92 Å². The van der Waals surface area contributed by atoms with Gasteiger partial charge in [-0.2, -0.15) is 0 Å². The topological polar surface area (TPSA) is 84.7 Å². The number of nitrogens with two attached hydrogens (primary N) is 1. The fourth-order valence-electron chi connectivity index (χ4n) is 1.35. The molecule has 2 amide bonds. The summed E-state index contributed by atoms with van der Waals surface area (Å²) in [5.41, 5.74) is 4.93. The maximum absolute atomic E-state index is 11.6. The van der Waals surface area contributed by atoms with Gasteiger partial charge < -0.3 is 20.7 Å². The van der Waals surface area contributed by atoms with Crippen LogP contribution in [0.4, 0.5) is 4.79 Å². The number of carbonyl (C=O) groups is 2. The van der Waals surface area contributed by atoms with Gasteiger partial charge in [0.05, 0.1) is 0 Å². The smallest absolute Gasteiger partial charge is 0.410 e. The molecule has 1 heterocycles. The molecule has 0 aromatic carbocycles. The molecule has 3 N–H and O–H groups in total. The van der Waals surface area contributed by atoms with Crippen molar-refractivity contribution in [1.29, 1.82) is 0 Å². The highest BCUT2D eigenvalue weighted by atomic mass is 16.6. The van der Waals surface area contributed by atoms with E-state index in [1.165, 1.54) is 12.2 Å². The molecule has 1 atom stereocenters. The van der Waals surface area contributed by atoms with Crippen molar-refractivity contribution in [3.05, 3.63) is 12.2 Å². The molecule has 1 saturated heterocycles. The molecule has 1 aliphatic heterocycles. The summed E-state index contributed by atoms with van der Waals surface area (Å²) in [7, 11) is 0. The van der Waals surface area contributed by atoms with Crippen LogP contribution in [-0.2, 0) is 9.53 Å². The van der Waals surface area contributed by atoms with Gasteiger partial charge in [0.1, 0.15) is 6.10 Å². The molecule has 0 aromatic heterocycles. The Balaban J connectivity index is 2.34. The Bertz CT molecular complexity index is 285. The maximum atomic E-state index is 11.6. The quantitative estimate of drug-likeness (QED) is 0.634. The Morgan fingerprint density at radius 2 is 2.06 bits per heavy atom. The first-order chi connectivity index (χ1) is 7.59. The normalized spacial score (nSPS) is 18.4. The van der Waals surface area contributed by atoms with E-state index in [0.29, 0.717) is 13.1 Å². The molecule has 0 radical (unpaired) electrons.